The highest BCUT2D eigenvalue weighted by molar-refractivity contribution is 7.80. The average molecular weight is 333 g/mol. The highest BCUT2D eigenvalue weighted by atomic mass is 32.1. The fraction of sp³-hybridized carbons (Fsp3) is 0.375. The van der Waals surface area contributed by atoms with Gasteiger partial charge in [0.1, 0.15) is 0 Å². The van der Waals surface area contributed by atoms with Crippen molar-refractivity contribution in [3.05, 3.63) is 52.3 Å². The van der Waals surface area contributed by atoms with Gasteiger partial charge in [-0.05, 0) is 30.6 Å². The van der Waals surface area contributed by atoms with Crippen LogP contribution in [-0.4, -0.2) is 28.9 Å². The molecule has 0 saturated carbocycles. The summed E-state index contributed by atoms with van der Waals surface area (Å²) in [6, 6.07) is 10.3. The molecule has 1 aliphatic heterocycles. The van der Waals surface area contributed by atoms with E-state index >= 15 is 0 Å². The highest BCUT2D eigenvalue weighted by Gasteiger charge is 2.15. The zero-order valence-electron chi connectivity index (χ0n) is 12.3. The second-order valence-electron chi connectivity index (χ2n) is 5.23. The van der Waals surface area contributed by atoms with Crippen LogP contribution in [0.15, 0.2) is 46.9 Å². The van der Waals surface area contributed by atoms with Gasteiger partial charge in [0.15, 0.2) is 9.91 Å². The Bertz CT molecular complexity index is 672. The van der Waals surface area contributed by atoms with Crippen LogP contribution < -0.4 is 10.1 Å². The second kappa shape index (κ2) is 7.67. The van der Waals surface area contributed by atoms with E-state index in [9.17, 15) is 0 Å². The SMILES string of the molecule is S=C(N=c1sccn1Cc1ccccc1)NC[C@H]1CCCO1. The lowest BCUT2D eigenvalue weighted by molar-refractivity contribution is 0.114. The Kier molecular flexibility index (Phi) is 5.37. The van der Waals surface area contributed by atoms with Gasteiger partial charge in [0.05, 0.1) is 6.10 Å². The van der Waals surface area contributed by atoms with Gasteiger partial charge in [-0.15, -0.1) is 11.3 Å². The van der Waals surface area contributed by atoms with Crippen molar-refractivity contribution < 1.29 is 4.74 Å². The van der Waals surface area contributed by atoms with Crippen LogP contribution in [-0.2, 0) is 11.3 Å². The number of hydrogen-bond acceptors (Lipinski definition) is 3. The zero-order valence-corrected chi connectivity index (χ0v) is 13.9. The third-order valence-corrected chi connectivity index (χ3v) is 4.59. The minimum Gasteiger partial charge on any atom is -0.376 e. The van der Waals surface area contributed by atoms with Crippen LogP contribution in [0.25, 0.3) is 0 Å². The second-order valence-corrected chi connectivity index (χ2v) is 6.49. The first-order valence-electron chi connectivity index (χ1n) is 7.43. The number of thiocarbonyl (C=S) groups is 1. The highest BCUT2D eigenvalue weighted by Crippen LogP contribution is 2.10. The van der Waals surface area contributed by atoms with Gasteiger partial charge in [-0.3, -0.25) is 0 Å². The third-order valence-electron chi connectivity index (χ3n) is 3.56. The number of ether oxygens (including phenoxy) is 1. The van der Waals surface area contributed by atoms with Crippen molar-refractivity contribution in [3.63, 3.8) is 0 Å². The summed E-state index contributed by atoms with van der Waals surface area (Å²) >= 11 is 6.91. The lowest BCUT2D eigenvalue weighted by Gasteiger charge is -2.10. The summed E-state index contributed by atoms with van der Waals surface area (Å²) in [4.78, 5) is 5.43. The Hall–Kier alpha value is -1.50. The normalized spacial score (nSPS) is 18.5. The molecule has 116 valence electrons. The van der Waals surface area contributed by atoms with E-state index in [1.54, 1.807) is 11.3 Å². The molecule has 3 rings (SSSR count). The summed E-state index contributed by atoms with van der Waals surface area (Å²) in [6.07, 6.45) is 4.55. The molecule has 1 aromatic heterocycles. The molecule has 4 nitrogen and oxygen atoms in total. The van der Waals surface area contributed by atoms with Crippen LogP contribution in [0.2, 0.25) is 0 Å². The Balaban J connectivity index is 1.63. The molecule has 1 N–H and O–H groups in total. The minimum atomic E-state index is 0.271. The summed E-state index contributed by atoms with van der Waals surface area (Å²) in [5.74, 6) is 0. The fourth-order valence-corrected chi connectivity index (χ4v) is 3.38. The molecule has 1 aliphatic rings. The zero-order chi connectivity index (χ0) is 15.2. The summed E-state index contributed by atoms with van der Waals surface area (Å²) in [5.41, 5.74) is 1.25. The molecule has 22 heavy (non-hydrogen) atoms. The van der Waals surface area contributed by atoms with E-state index in [0.29, 0.717) is 5.11 Å². The van der Waals surface area contributed by atoms with Gasteiger partial charge in [0.25, 0.3) is 0 Å². The maximum Gasteiger partial charge on any atom is 0.195 e. The number of thiazole rings is 1. The lowest BCUT2D eigenvalue weighted by atomic mass is 10.2. The molecule has 0 aliphatic carbocycles. The van der Waals surface area contributed by atoms with E-state index < -0.39 is 0 Å². The Morgan fingerprint density at radius 2 is 2.27 bits per heavy atom. The smallest absolute Gasteiger partial charge is 0.195 e. The summed E-state index contributed by atoms with van der Waals surface area (Å²) in [7, 11) is 0. The number of benzene rings is 1. The monoisotopic (exact) mass is 333 g/mol. The molecular formula is C16H19N3OS2. The van der Waals surface area contributed by atoms with E-state index in [2.05, 4.69) is 27.0 Å². The van der Waals surface area contributed by atoms with Gasteiger partial charge in [-0.2, -0.15) is 4.99 Å². The van der Waals surface area contributed by atoms with Crippen LogP contribution in [0.5, 0.6) is 0 Å². The Morgan fingerprint density at radius 3 is 3.05 bits per heavy atom. The van der Waals surface area contributed by atoms with Crippen molar-refractivity contribution in [1.82, 2.24) is 9.88 Å². The molecule has 2 aromatic rings. The van der Waals surface area contributed by atoms with E-state index in [0.717, 1.165) is 37.3 Å². The van der Waals surface area contributed by atoms with Gasteiger partial charge >= 0.3 is 0 Å². The molecule has 1 atom stereocenters. The molecule has 6 heteroatoms. The molecule has 1 saturated heterocycles. The van der Waals surface area contributed by atoms with Crippen molar-refractivity contribution in [2.45, 2.75) is 25.5 Å². The number of nitrogens with one attached hydrogen (secondary N) is 1. The van der Waals surface area contributed by atoms with E-state index in [4.69, 9.17) is 17.0 Å². The van der Waals surface area contributed by atoms with Gasteiger partial charge in [0.2, 0.25) is 0 Å². The topological polar surface area (TPSA) is 38.5 Å². The first-order valence-corrected chi connectivity index (χ1v) is 8.72. The van der Waals surface area contributed by atoms with E-state index in [-0.39, 0.29) is 6.10 Å². The molecule has 2 heterocycles. The fourth-order valence-electron chi connectivity index (χ4n) is 2.42. The van der Waals surface area contributed by atoms with Gasteiger partial charge in [-0.25, -0.2) is 0 Å². The maximum absolute atomic E-state index is 5.57. The number of hydrogen-bond donors (Lipinski definition) is 1. The van der Waals surface area contributed by atoms with Crippen molar-refractivity contribution in [2.75, 3.05) is 13.2 Å². The molecule has 0 spiro atoms. The van der Waals surface area contributed by atoms with Crippen LogP contribution >= 0.6 is 23.6 Å². The first-order chi connectivity index (χ1) is 10.8. The number of rotatable bonds is 4. The van der Waals surface area contributed by atoms with Crippen molar-refractivity contribution >= 4 is 28.7 Å². The van der Waals surface area contributed by atoms with E-state index in [1.807, 2.05) is 29.8 Å². The number of nitrogens with zero attached hydrogens (tertiary/aromatic N) is 2. The molecule has 0 unspecified atom stereocenters. The van der Waals surface area contributed by atoms with Crippen LogP contribution in [0.1, 0.15) is 18.4 Å². The third kappa shape index (κ3) is 4.25. The summed E-state index contributed by atoms with van der Waals surface area (Å²) < 4.78 is 7.69. The first kappa shape index (κ1) is 15.4. The largest absolute Gasteiger partial charge is 0.376 e. The van der Waals surface area contributed by atoms with Gasteiger partial charge < -0.3 is 14.6 Å². The predicted octanol–water partition coefficient (Wildman–Crippen LogP) is 2.55. The Labute approximate surface area is 139 Å². The van der Waals surface area contributed by atoms with Crippen LogP contribution in [0.3, 0.4) is 0 Å². The standard InChI is InChI=1S/C16H19N3OS2/c21-15(17-11-14-7-4-9-20-14)18-16-19(8-10-22-16)12-13-5-2-1-3-6-13/h1-3,5-6,8,10,14H,4,7,9,11-12H2,(H,17,21)/t14-/m1/s1. The minimum absolute atomic E-state index is 0.271. The molecular weight excluding hydrogens is 314 g/mol. The predicted molar refractivity (Wildman–Crippen MR) is 93.0 cm³/mol. The average Bonchev–Trinajstić information content (AvgIpc) is 3.19. The van der Waals surface area contributed by atoms with Crippen molar-refractivity contribution in [3.8, 4) is 0 Å². The summed E-state index contributed by atoms with van der Waals surface area (Å²) in [5, 5.41) is 5.75. The van der Waals surface area contributed by atoms with Gasteiger partial charge in [0, 0.05) is 31.3 Å². The Morgan fingerprint density at radius 1 is 1.41 bits per heavy atom. The van der Waals surface area contributed by atoms with Crippen molar-refractivity contribution in [2.24, 2.45) is 4.99 Å². The van der Waals surface area contributed by atoms with Crippen molar-refractivity contribution in [1.29, 1.82) is 0 Å². The van der Waals surface area contributed by atoms with Gasteiger partial charge in [-0.1, -0.05) is 30.3 Å². The molecule has 0 bridgehead atoms. The van der Waals surface area contributed by atoms with Crippen LogP contribution in [0.4, 0.5) is 0 Å². The molecule has 0 radical (unpaired) electrons. The maximum atomic E-state index is 5.57. The molecule has 1 aromatic carbocycles. The summed E-state index contributed by atoms with van der Waals surface area (Å²) in [6.45, 7) is 2.40. The lowest BCUT2D eigenvalue weighted by Crippen LogP contribution is -2.31. The molecule has 0 amide bonds. The quantitative estimate of drug-likeness (QED) is 0.874. The van der Waals surface area contributed by atoms with Crippen LogP contribution in [0, 0.1) is 0 Å². The molecule has 1 fully saturated rings. The van der Waals surface area contributed by atoms with E-state index in [1.165, 1.54) is 5.56 Å². The number of aromatic nitrogens is 1.